The second-order valence-corrected chi connectivity index (χ2v) is 7.59. The molecule has 4 fully saturated rings. The van der Waals surface area contributed by atoms with Crippen LogP contribution in [0.4, 0.5) is 4.79 Å². The van der Waals surface area contributed by atoms with E-state index in [2.05, 4.69) is 10.6 Å². The largest absolute Gasteiger partial charge is 0.450 e. The average Bonchev–Trinajstić information content (AvgIpc) is 2.42. The van der Waals surface area contributed by atoms with Gasteiger partial charge < -0.3 is 15.4 Å². The van der Waals surface area contributed by atoms with Crippen molar-refractivity contribution < 1.29 is 14.3 Å². The third kappa shape index (κ3) is 3.55. The minimum Gasteiger partial charge on any atom is -0.450 e. The van der Waals surface area contributed by atoms with E-state index < -0.39 is 6.09 Å². The lowest BCUT2D eigenvalue weighted by Crippen LogP contribution is -2.48. The van der Waals surface area contributed by atoms with Crippen molar-refractivity contribution in [3.8, 4) is 0 Å². The first kappa shape index (κ1) is 15.6. The molecule has 4 bridgehead atoms. The van der Waals surface area contributed by atoms with Gasteiger partial charge in [-0.3, -0.25) is 4.79 Å². The number of nitrogens with one attached hydrogen (secondary N) is 2. The lowest BCUT2D eigenvalue weighted by molar-refractivity contribution is -0.129. The first-order valence-corrected chi connectivity index (χ1v) is 8.76. The van der Waals surface area contributed by atoms with Crippen LogP contribution in [0.15, 0.2) is 0 Å². The SMILES string of the molecule is CCOC(=O)NCCNC(=O)CC12CC3CC(CC(C3)C1)C2. The highest BCUT2D eigenvalue weighted by Crippen LogP contribution is 2.61. The number of rotatable bonds is 6. The minimum absolute atomic E-state index is 0.146. The highest BCUT2D eigenvalue weighted by atomic mass is 16.5. The van der Waals surface area contributed by atoms with Crippen LogP contribution < -0.4 is 10.6 Å². The second-order valence-electron chi connectivity index (χ2n) is 7.59. The van der Waals surface area contributed by atoms with Crippen molar-refractivity contribution in [2.75, 3.05) is 19.7 Å². The molecule has 0 aromatic rings. The van der Waals surface area contributed by atoms with Crippen LogP contribution >= 0.6 is 0 Å². The molecular formula is C17H28N2O3. The summed E-state index contributed by atoms with van der Waals surface area (Å²) >= 11 is 0. The van der Waals surface area contributed by atoms with E-state index in [-0.39, 0.29) is 11.3 Å². The van der Waals surface area contributed by atoms with Crippen LogP contribution in [0.25, 0.3) is 0 Å². The molecule has 0 spiro atoms. The van der Waals surface area contributed by atoms with Crippen LogP contribution in [0.1, 0.15) is 51.9 Å². The van der Waals surface area contributed by atoms with Crippen molar-refractivity contribution >= 4 is 12.0 Å². The van der Waals surface area contributed by atoms with Gasteiger partial charge in [-0.25, -0.2) is 4.79 Å². The normalized spacial score (nSPS) is 35.2. The van der Waals surface area contributed by atoms with E-state index in [0.29, 0.717) is 26.1 Å². The van der Waals surface area contributed by atoms with Crippen molar-refractivity contribution in [2.45, 2.75) is 51.9 Å². The molecule has 0 heterocycles. The molecule has 22 heavy (non-hydrogen) atoms. The molecule has 0 aliphatic heterocycles. The highest BCUT2D eigenvalue weighted by molar-refractivity contribution is 5.76. The molecule has 4 saturated carbocycles. The van der Waals surface area contributed by atoms with Crippen LogP contribution in [0.3, 0.4) is 0 Å². The Hall–Kier alpha value is -1.26. The Bertz CT molecular complexity index is 400. The molecule has 0 unspecified atom stereocenters. The lowest BCUT2D eigenvalue weighted by Gasteiger charge is -2.56. The first-order valence-electron chi connectivity index (χ1n) is 8.76. The average molecular weight is 308 g/mol. The Morgan fingerprint density at radius 2 is 1.55 bits per heavy atom. The summed E-state index contributed by atoms with van der Waals surface area (Å²) in [6.45, 7) is 3.03. The first-order chi connectivity index (χ1) is 10.6. The number of amides is 2. The molecule has 5 heteroatoms. The quantitative estimate of drug-likeness (QED) is 0.741. The van der Waals surface area contributed by atoms with Crippen molar-refractivity contribution in [1.29, 1.82) is 0 Å². The van der Waals surface area contributed by atoms with E-state index in [9.17, 15) is 9.59 Å². The molecule has 0 aromatic heterocycles. The Kier molecular flexibility index (Phi) is 4.59. The molecule has 0 aromatic carbocycles. The van der Waals surface area contributed by atoms with Crippen LogP contribution in [0.5, 0.6) is 0 Å². The van der Waals surface area contributed by atoms with Gasteiger partial charge in [0, 0.05) is 19.5 Å². The number of alkyl carbamates (subject to hydrolysis) is 1. The van der Waals surface area contributed by atoms with Gasteiger partial charge in [0.25, 0.3) is 0 Å². The summed E-state index contributed by atoms with van der Waals surface area (Å²) in [5.74, 6) is 2.78. The summed E-state index contributed by atoms with van der Waals surface area (Å²) in [4.78, 5) is 23.4. The number of ether oxygens (including phenoxy) is 1. The number of hydrogen-bond acceptors (Lipinski definition) is 3. The van der Waals surface area contributed by atoms with Crippen molar-refractivity contribution in [3.05, 3.63) is 0 Å². The molecule has 4 rings (SSSR count). The molecule has 124 valence electrons. The maximum absolute atomic E-state index is 12.2. The summed E-state index contributed by atoms with van der Waals surface area (Å²) in [6.07, 6.45) is 8.25. The molecule has 0 atom stereocenters. The van der Waals surface area contributed by atoms with Gasteiger partial charge in [0.15, 0.2) is 0 Å². The van der Waals surface area contributed by atoms with E-state index >= 15 is 0 Å². The van der Waals surface area contributed by atoms with Crippen molar-refractivity contribution in [3.63, 3.8) is 0 Å². The van der Waals surface area contributed by atoms with Gasteiger partial charge in [0.1, 0.15) is 0 Å². The van der Waals surface area contributed by atoms with Gasteiger partial charge in [0.05, 0.1) is 6.61 Å². The molecule has 0 radical (unpaired) electrons. The molecule has 5 nitrogen and oxygen atoms in total. The van der Waals surface area contributed by atoms with E-state index in [1.807, 2.05) is 0 Å². The van der Waals surface area contributed by atoms with Gasteiger partial charge in [-0.2, -0.15) is 0 Å². The monoisotopic (exact) mass is 308 g/mol. The fourth-order valence-corrected chi connectivity index (χ4v) is 5.46. The number of carbonyl (C=O) groups is 2. The smallest absolute Gasteiger partial charge is 0.407 e. The minimum atomic E-state index is -0.419. The van der Waals surface area contributed by atoms with E-state index in [0.717, 1.165) is 17.8 Å². The summed E-state index contributed by atoms with van der Waals surface area (Å²) in [6, 6.07) is 0. The lowest BCUT2D eigenvalue weighted by atomic mass is 9.49. The Morgan fingerprint density at radius 1 is 1.00 bits per heavy atom. The predicted octanol–water partition coefficient (Wildman–Crippen LogP) is 2.46. The maximum atomic E-state index is 12.2. The Balaban J connectivity index is 1.40. The van der Waals surface area contributed by atoms with Gasteiger partial charge in [-0.15, -0.1) is 0 Å². The zero-order valence-electron chi connectivity index (χ0n) is 13.5. The fraction of sp³-hybridized carbons (Fsp3) is 0.882. The second kappa shape index (κ2) is 6.47. The Labute approximate surface area is 132 Å². The van der Waals surface area contributed by atoms with Crippen LogP contribution in [0.2, 0.25) is 0 Å². The van der Waals surface area contributed by atoms with Gasteiger partial charge in [-0.05, 0) is 68.6 Å². The van der Waals surface area contributed by atoms with Gasteiger partial charge in [0.2, 0.25) is 5.91 Å². The molecule has 4 aliphatic carbocycles. The summed E-state index contributed by atoms with van der Waals surface area (Å²) in [5.41, 5.74) is 0.285. The number of carbonyl (C=O) groups excluding carboxylic acids is 2. The van der Waals surface area contributed by atoms with Gasteiger partial charge >= 0.3 is 6.09 Å². The van der Waals surface area contributed by atoms with Crippen LogP contribution in [-0.4, -0.2) is 31.7 Å². The summed E-state index contributed by atoms with van der Waals surface area (Å²) < 4.78 is 4.78. The Morgan fingerprint density at radius 3 is 2.09 bits per heavy atom. The fourth-order valence-electron chi connectivity index (χ4n) is 5.46. The molecule has 2 N–H and O–H groups in total. The number of hydrogen-bond donors (Lipinski definition) is 2. The van der Waals surface area contributed by atoms with E-state index in [4.69, 9.17) is 4.74 Å². The standard InChI is InChI=1S/C17H28N2O3/c1-2-22-16(21)19-4-3-18-15(20)11-17-8-12-5-13(9-17)7-14(6-12)10-17/h12-14H,2-11H2,1H3,(H,18,20)(H,19,21). The highest BCUT2D eigenvalue weighted by Gasteiger charge is 2.51. The predicted molar refractivity (Wildman–Crippen MR) is 83.3 cm³/mol. The summed E-state index contributed by atoms with van der Waals surface area (Å²) in [7, 11) is 0. The van der Waals surface area contributed by atoms with E-state index in [1.165, 1.54) is 38.5 Å². The molecular weight excluding hydrogens is 280 g/mol. The third-order valence-electron chi connectivity index (χ3n) is 5.69. The van der Waals surface area contributed by atoms with Crippen LogP contribution in [0, 0.1) is 23.2 Å². The van der Waals surface area contributed by atoms with Gasteiger partial charge in [-0.1, -0.05) is 0 Å². The summed E-state index contributed by atoms with van der Waals surface area (Å²) in [5, 5.41) is 5.57. The molecule has 4 aliphatic rings. The molecule has 2 amide bonds. The zero-order chi connectivity index (χ0) is 15.6. The molecule has 0 saturated heterocycles. The van der Waals surface area contributed by atoms with Crippen molar-refractivity contribution in [1.82, 2.24) is 10.6 Å². The van der Waals surface area contributed by atoms with Crippen molar-refractivity contribution in [2.24, 2.45) is 23.2 Å². The maximum Gasteiger partial charge on any atom is 0.407 e. The zero-order valence-corrected chi connectivity index (χ0v) is 13.5. The van der Waals surface area contributed by atoms with E-state index in [1.54, 1.807) is 6.92 Å². The van der Waals surface area contributed by atoms with Crippen LogP contribution in [-0.2, 0) is 9.53 Å². The third-order valence-corrected chi connectivity index (χ3v) is 5.69. The topological polar surface area (TPSA) is 67.4 Å².